The van der Waals surface area contributed by atoms with Crippen LogP contribution in [0.3, 0.4) is 0 Å². The van der Waals surface area contributed by atoms with Gasteiger partial charge in [-0.1, -0.05) is 72.8 Å². The molecule has 0 aliphatic carbocycles. The minimum atomic E-state index is -4.46. The second-order valence-corrected chi connectivity index (χ2v) is 7.25. The number of aromatic nitrogens is 1. The molecule has 0 amide bonds. The van der Waals surface area contributed by atoms with Crippen molar-refractivity contribution < 1.29 is 13.2 Å². The van der Waals surface area contributed by atoms with E-state index in [0.29, 0.717) is 22.5 Å². The highest BCUT2D eigenvalue weighted by atomic mass is 19.4. The Morgan fingerprint density at radius 2 is 0.933 bits per heavy atom. The van der Waals surface area contributed by atoms with Crippen LogP contribution in [0.4, 0.5) is 13.2 Å². The van der Waals surface area contributed by atoms with E-state index in [-0.39, 0.29) is 0 Å². The van der Waals surface area contributed by atoms with Crippen LogP contribution in [0.5, 0.6) is 0 Å². The van der Waals surface area contributed by atoms with Gasteiger partial charge in [-0.15, -0.1) is 0 Å². The third-order valence-electron chi connectivity index (χ3n) is 5.24. The molecule has 0 saturated carbocycles. The van der Waals surface area contributed by atoms with Crippen LogP contribution in [-0.2, 0) is 6.18 Å². The lowest BCUT2D eigenvalue weighted by molar-refractivity contribution is -0.137. The van der Waals surface area contributed by atoms with Crippen LogP contribution in [0, 0.1) is 0 Å². The van der Waals surface area contributed by atoms with Crippen LogP contribution in [0.15, 0.2) is 97.1 Å². The average molecular weight is 399 g/mol. The molecule has 5 rings (SSSR count). The van der Waals surface area contributed by atoms with E-state index >= 15 is 0 Å². The summed E-state index contributed by atoms with van der Waals surface area (Å²) in [4.78, 5) is 4.60. The van der Waals surface area contributed by atoms with Gasteiger partial charge in [0.15, 0.2) is 0 Å². The number of halogens is 3. The first kappa shape index (κ1) is 18.4. The van der Waals surface area contributed by atoms with E-state index in [0.717, 1.165) is 33.7 Å². The lowest BCUT2D eigenvalue weighted by Gasteiger charge is -2.13. The van der Waals surface area contributed by atoms with Gasteiger partial charge in [0.05, 0.1) is 17.0 Å². The van der Waals surface area contributed by atoms with Gasteiger partial charge in [-0.3, -0.25) is 0 Å². The fourth-order valence-electron chi connectivity index (χ4n) is 3.69. The monoisotopic (exact) mass is 399 g/mol. The number of hydrogen-bond acceptors (Lipinski definition) is 1. The quantitative estimate of drug-likeness (QED) is 0.296. The summed E-state index contributed by atoms with van der Waals surface area (Å²) in [5, 5.41) is 3.98. The van der Waals surface area contributed by atoms with Crippen LogP contribution in [0.2, 0.25) is 0 Å². The van der Waals surface area contributed by atoms with E-state index in [1.807, 2.05) is 84.9 Å². The van der Waals surface area contributed by atoms with Crippen LogP contribution in [0.25, 0.3) is 44.1 Å². The lowest BCUT2D eigenvalue weighted by Crippen LogP contribution is -2.06. The summed E-state index contributed by atoms with van der Waals surface area (Å²) in [7, 11) is 0. The second kappa shape index (κ2) is 6.99. The summed E-state index contributed by atoms with van der Waals surface area (Å²) in [6, 6.07) is 28.9. The van der Waals surface area contributed by atoms with E-state index in [2.05, 4.69) is 4.98 Å². The predicted molar refractivity (Wildman–Crippen MR) is 115 cm³/mol. The van der Waals surface area contributed by atoms with Gasteiger partial charge in [0.1, 0.15) is 0 Å². The van der Waals surface area contributed by atoms with Gasteiger partial charge < -0.3 is 0 Å². The van der Waals surface area contributed by atoms with Crippen molar-refractivity contribution in [2.75, 3.05) is 0 Å². The Kier molecular flexibility index (Phi) is 4.28. The first-order valence-corrected chi connectivity index (χ1v) is 9.55. The molecule has 0 saturated heterocycles. The number of rotatable bonds is 2. The first-order valence-electron chi connectivity index (χ1n) is 9.55. The van der Waals surface area contributed by atoms with Crippen LogP contribution >= 0.6 is 0 Å². The topological polar surface area (TPSA) is 12.9 Å². The molecule has 0 spiro atoms. The molecule has 0 N–H and O–H groups in total. The Morgan fingerprint density at radius 3 is 1.37 bits per heavy atom. The van der Waals surface area contributed by atoms with Crippen LogP contribution in [0.1, 0.15) is 5.56 Å². The van der Waals surface area contributed by atoms with Crippen LogP contribution in [-0.4, -0.2) is 4.98 Å². The molecule has 0 aliphatic rings. The van der Waals surface area contributed by atoms with E-state index in [4.69, 9.17) is 0 Å². The third-order valence-corrected chi connectivity index (χ3v) is 5.24. The van der Waals surface area contributed by atoms with Crippen molar-refractivity contribution in [1.82, 2.24) is 4.98 Å². The Labute approximate surface area is 171 Å². The van der Waals surface area contributed by atoms with Crippen molar-refractivity contribution in [2.24, 2.45) is 0 Å². The van der Waals surface area contributed by atoms with Gasteiger partial charge in [-0.2, -0.15) is 13.2 Å². The average Bonchev–Trinajstić information content (AvgIpc) is 2.77. The molecular formula is C26H16F3N. The lowest BCUT2D eigenvalue weighted by atomic mass is 10.0. The Balaban J connectivity index is 1.70. The minimum Gasteiger partial charge on any atom is -0.248 e. The van der Waals surface area contributed by atoms with Crippen molar-refractivity contribution >= 4 is 21.5 Å². The molecule has 0 unspecified atom stereocenters. The number of alkyl halides is 3. The molecule has 4 heteroatoms. The summed E-state index contributed by atoms with van der Waals surface area (Å²) in [6.07, 6.45) is -4.46. The normalized spacial score (nSPS) is 11.8. The molecule has 0 bridgehead atoms. The molecule has 5 aromatic rings. The maximum Gasteiger partial charge on any atom is 0.416 e. The Hall–Kier alpha value is -3.66. The molecule has 0 radical (unpaired) electrons. The zero-order valence-corrected chi connectivity index (χ0v) is 15.8. The predicted octanol–water partition coefficient (Wildman–Crippen LogP) is 7.74. The maximum absolute atomic E-state index is 13.7. The van der Waals surface area contributed by atoms with E-state index in [9.17, 15) is 13.2 Å². The SMILES string of the molecule is FC(F)(F)c1cc(-c2ccc3ccccc3c2)nc(-c2ccc3ccccc3c2)c1. The van der Waals surface area contributed by atoms with Gasteiger partial charge in [-0.05, 0) is 45.8 Å². The number of fused-ring (bicyclic) bond motifs is 2. The van der Waals surface area contributed by atoms with Gasteiger partial charge in [-0.25, -0.2) is 4.98 Å². The van der Waals surface area contributed by atoms with Gasteiger partial charge in [0.2, 0.25) is 0 Å². The molecule has 0 atom stereocenters. The molecule has 30 heavy (non-hydrogen) atoms. The van der Waals surface area contributed by atoms with E-state index in [1.54, 1.807) is 0 Å². The summed E-state index contributed by atoms with van der Waals surface area (Å²) in [6.45, 7) is 0. The van der Waals surface area contributed by atoms with E-state index < -0.39 is 11.7 Å². The molecule has 4 aromatic carbocycles. The minimum absolute atomic E-state index is 0.304. The van der Waals surface area contributed by atoms with Gasteiger partial charge in [0.25, 0.3) is 0 Å². The summed E-state index contributed by atoms with van der Waals surface area (Å²) in [5.41, 5.74) is 1.21. The molecule has 0 aliphatic heterocycles. The zero-order chi connectivity index (χ0) is 20.7. The molecule has 1 aromatic heterocycles. The summed E-state index contributed by atoms with van der Waals surface area (Å²) < 4.78 is 41.0. The standard InChI is InChI=1S/C26H16F3N/c27-26(28,29)23-15-24(21-11-9-17-5-1-3-7-19(17)13-21)30-25(16-23)22-12-10-18-6-2-4-8-20(18)14-22/h1-16H. The highest BCUT2D eigenvalue weighted by Gasteiger charge is 2.32. The van der Waals surface area contributed by atoms with Crippen LogP contribution < -0.4 is 0 Å². The maximum atomic E-state index is 13.7. The molecule has 1 nitrogen and oxygen atoms in total. The number of hydrogen-bond donors (Lipinski definition) is 0. The molecular weight excluding hydrogens is 383 g/mol. The first-order chi connectivity index (χ1) is 14.5. The Morgan fingerprint density at radius 1 is 0.500 bits per heavy atom. The number of nitrogens with zero attached hydrogens (tertiary/aromatic N) is 1. The third kappa shape index (κ3) is 3.41. The number of benzene rings is 4. The number of pyridine rings is 1. The van der Waals surface area contributed by atoms with Gasteiger partial charge >= 0.3 is 6.18 Å². The molecule has 1 heterocycles. The summed E-state index contributed by atoms with van der Waals surface area (Å²) >= 11 is 0. The van der Waals surface area contributed by atoms with E-state index in [1.165, 1.54) is 0 Å². The zero-order valence-electron chi connectivity index (χ0n) is 15.8. The Bertz CT molecular complexity index is 1290. The fourth-order valence-corrected chi connectivity index (χ4v) is 3.69. The largest absolute Gasteiger partial charge is 0.416 e. The van der Waals surface area contributed by atoms with Crippen molar-refractivity contribution in [3.05, 3.63) is 103 Å². The van der Waals surface area contributed by atoms with Crippen molar-refractivity contribution in [3.8, 4) is 22.5 Å². The summed E-state index contributed by atoms with van der Waals surface area (Å²) in [5.74, 6) is 0. The highest BCUT2D eigenvalue weighted by molar-refractivity contribution is 5.88. The second-order valence-electron chi connectivity index (χ2n) is 7.25. The highest BCUT2D eigenvalue weighted by Crippen LogP contribution is 2.35. The van der Waals surface area contributed by atoms with Crippen molar-refractivity contribution in [2.45, 2.75) is 6.18 Å². The molecule has 146 valence electrons. The van der Waals surface area contributed by atoms with Crippen molar-refractivity contribution in [1.29, 1.82) is 0 Å². The molecule has 0 fully saturated rings. The fraction of sp³-hybridized carbons (Fsp3) is 0.0385. The van der Waals surface area contributed by atoms with Gasteiger partial charge in [0, 0.05) is 11.1 Å². The smallest absolute Gasteiger partial charge is 0.248 e. The van der Waals surface area contributed by atoms with Crippen molar-refractivity contribution in [3.63, 3.8) is 0 Å².